The Balaban J connectivity index is 2.94. The summed E-state index contributed by atoms with van der Waals surface area (Å²) in [6.07, 6.45) is -5.26. The first kappa shape index (κ1) is 14.7. The summed E-state index contributed by atoms with van der Waals surface area (Å²) in [4.78, 5) is 22.3. The van der Waals surface area contributed by atoms with Gasteiger partial charge in [-0.2, -0.15) is 13.2 Å². The van der Waals surface area contributed by atoms with Gasteiger partial charge in [0.25, 0.3) is 0 Å². The summed E-state index contributed by atoms with van der Waals surface area (Å²) in [5, 5.41) is 8.56. The fourth-order valence-electron chi connectivity index (χ4n) is 2.11. The van der Waals surface area contributed by atoms with Crippen molar-refractivity contribution >= 4 is 11.8 Å². The maximum absolute atomic E-state index is 12.4. The van der Waals surface area contributed by atoms with Crippen LogP contribution in [0.2, 0.25) is 0 Å². The second kappa shape index (κ2) is 5.54. The Morgan fingerprint density at radius 2 is 2.06 bits per heavy atom. The second-order valence-electron chi connectivity index (χ2n) is 4.57. The molecule has 3 nitrogen and oxygen atoms in total. The summed E-state index contributed by atoms with van der Waals surface area (Å²) < 4.78 is 37.1. The fraction of sp³-hybridized carbons (Fsp3) is 0.667. The van der Waals surface area contributed by atoms with Gasteiger partial charge in [-0.25, -0.2) is 0 Å². The maximum Gasteiger partial charge on any atom is 0.392 e. The normalized spacial score (nSPS) is 21.3. The molecule has 1 rings (SSSR count). The largest absolute Gasteiger partial charge is 0.481 e. The molecule has 0 aliphatic heterocycles. The zero-order valence-corrected chi connectivity index (χ0v) is 10.0. The summed E-state index contributed by atoms with van der Waals surface area (Å²) in [5.74, 6) is -1.76. The van der Waals surface area contributed by atoms with Crippen LogP contribution in [0.1, 0.15) is 39.0 Å². The molecule has 0 saturated carbocycles. The number of hydrogen-bond donors (Lipinski definition) is 1. The Bertz CT molecular complexity index is 383. The molecule has 0 aromatic rings. The molecule has 0 fully saturated rings. The molecule has 6 heteroatoms. The number of carbonyl (C=O) groups is 2. The first-order chi connectivity index (χ1) is 8.20. The van der Waals surface area contributed by atoms with Crippen LogP contribution in [-0.2, 0) is 9.59 Å². The van der Waals surface area contributed by atoms with Crippen LogP contribution in [0, 0.1) is 5.92 Å². The molecule has 0 spiro atoms. The van der Waals surface area contributed by atoms with E-state index in [0.29, 0.717) is 6.42 Å². The van der Waals surface area contributed by atoms with Gasteiger partial charge in [0.15, 0.2) is 5.78 Å². The summed E-state index contributed by atoms with van der Waals surface area (Å²) in [5.41, 5.74) is 0.139. The average molecular weight is 264 g/mol. The first-order valence-electron chi connectivity index (χ1n) is 5.74. The lowest BCUT2D eigenvalue weighted by molar-refractivity contribution is -0.136. The Morgan fingerprint density at radius 1 is 1.44 bits per heavy atom. The van der Waals surface area contributed by atoms with Crippen molar-refractivity contribution in [1.29, 1.82) is 0 Å². The molecule has 0 aromatic heterocycles. The van der Waals surface area contributed by atoms with E-state index in [1.807, 2.05) is 0 Å². The highest BCUT2D eigenvalue weighted by molar-refractivity contribution is 5.98. The lowest BCUT2D eigenvalue weighted by Gasteiger charge is -2.24. The Hall–Kier alpha value is -1.33. The van der Waals surface area contributed by atoms with Crippen LogP contribution in [0.5, 0.6) is 0 Å². The third-order valence-corrected chi connectivity index (χ3v) is 3.05. The summed E-state index contributed by atoms with van der Waals surface area (Å²) >= 11 is 0. The van der Waals surface area contributed by atoms with Crippen LogP contribution >= 0.6 is 0 Å². The van der Waals surface area contributed by atoms with Crippen LogP contribution in [0.3, 0.4) is 0 Å². The minimum atomic E-state index is -4.36. The highest BCUT2D eigenvalue weighted by atomic mass is 19.4. The van der Waals surface area contributed by atoms with Gasteiger partial charge in [-0.3, -0.25) is 9.59 Å². The van der Waals surface area contributed by atoms with E-state index in [1.165, 1.54) is 0 Å². The standard InChI is InChI=1S/C12H15F3O3/c1-7-2-3-8(6-12(13,14)15)9(11(7)18)4-5-10(16)17/h7H,2-6H2,1H3,(H,16,17). The van der Waals surface area contributed by atoms with Crippen molar-refractivity contribution in [2.24, 2.45) is 5.92 Å². The predicted molar refractivity (Wildman–Crippen MR) is 58.0 cm³/mol. The van der Waals surface area contributed by atoms with Gasteiger partial charge < -0.3 is 5.11 Å². The van der Waals surface area contributed by atoms with E-state index in [4.69, 9.17) is 5.11 Å². The quantitative estimate of drug-likeness (QED) is 0.848. The van der Waals surface area contributed by atoms with Crippen LogP contribution < -0.4 is 0 Å². The Morgan fingerprint density at radius 3 is 2.56 bits per heavy atom. The van der Waals surface area contributed by atoms with E-state index >= 15 is 0 Å². The minimum absolute atomic E-state index is 0.0619. The van der Waals surface area contributed by atoms with Gasteiger partial charge in [0.1, 0.15) is 0 Å². The number of hydrogen-bond acceptors (Lipinski definition) is 2. The third kappa shape index (κ3) is 4.16. The van der Waals surface area contributed by atoms with Crippen LogP contribution in [-0.4, -0.2) is 23.0 Å². The van der Waals surface area contributed by atoms with Crippen molar-refractivity contribution in [3.63, 3.8) is 0 Å². The van der Waals surface area contributed by atoms with E-state index in [-0.39, 0.29) is 42.1 Å². The topological polar surface area (TPSA) is 54.4 Å². The number of halogens is 3. The predicted octanol–water partition coefficient (Wildman–Crippen LogP) is 3.10. The number of alkyl halides is 3. The van der Waals surface area contributed by atoms with E-state index in [2.05, 4.69) is 0 Å². The number of ketones is 1. The van der Waals surface area contributed by atoms with Gasteiger partial charge in [0, 0.05) is 12.3 Å². The smallest absolute Gasteiger partial charge is 0.392 e. The molecule has 1 aliphatic carbocycles. The van der Waals surface area contributed by atoms with E-state index in [9.17, 15) is 22.8 Å². The molecule has 0 amide bonds. The number of Topliss-reactive ketones (excluding diaryl/α,β-unsaturated/α-hetero) is 1. The Labute approximate surface area is 103 Å². The van der Waals surface area contributed by atoms with Gasteiger partial charge in [0.2, 0.25) is 0 Å². The molecule has 1 unspecified atom stereocenters. The molecule has 18 heavy (non-hydrogen) atoms. The van der Waals surface area contributed by atoms with Gasteiger partial charge >= 0.3 is 12.1 Å². The summed E-state index contributed by atoms with van der Waals surface area (Å²) in [7, 11) is 0. The maximum atomic E-state index is 12.4. The molecule has 1 aliphatic rings. The average Bonchev–Trinajstić information content (AvgIpc) is 2.20. The SMILES string of the molecule is CC1CCC(CC(F)(F)F)=C(CCC(=O)O)C1=O. The zero-order chi connectivity index (χ0) is 13.9. The van der Waals surface area contributed by atoms with Gasteiger partial charge in [-0.15, -0.1) is 0 Å². The monoisotopic (exact) mass is 264 g/mol. The van der Waals surface area contributed by atoms with Crippen molar-refractivity contribution in [2.45, 2.75) is 45.2 Å². The van der Waals surface area contributed by atoms with Crippen molar-refractivity contribution in [1.82, 2.24) is 0 Å². The van der Waals surface area contributed by atoms with Crippen molar-refractivity contribution < 1.29 is 27.9 Å². The molecule has 0 heterocycles. The molecular weight excluding hydrogens is 249 g/mol. The highest BCUT2D eigenvalue weighted by Crippen LogP contribution is 2.36. The molecule has 1 atom stereocenters. The van der Waals surface area contributed by atoms with Crippen LogP contribution in [0.25, 0.3) is 0 Å². The summed E-state index contributed by atoms with van der Waals surface area (Å²) in [6.45, 7) is 1.66. The second-order valence-corrected chi connectivity index (χ2v) is 4.57. The van der Waals surface area contributed by atoms with E-state index < -0.39 is 18.6 Å². The third-order valence-electron chi connectivity index (χ3n) is 3.05. The van der Waals surface area contributed by atoms with Crippen LogP contribution in [0.15, 0.2) is 11.1 Å². The molecule has 0 saturated heterocycles. The number of carboxylic acids is 1. The number of rotatable bonds is 4. The molecule has 0 aromatic carbocycles. The van der Waals surface area contributed by atoms with Crippen molar-refractivity contribution in [2.75, 3.05) is 0 Å². The lowest BCUT2D eigenvalue weighted by atomic mass is 9.80. The highest BCUT2D eigenvalue weighted by Gasteiger charge is 2.34. The lowest BCUT2D eigenvalue weighted by Crippen LogP contribution is -2.23. The van der Waals surface area contributed by atoms with Gasteiger partial charge in [-0.05, 0) is 24.8 Å². The van der Waals surface area contributed by atoms with Gasteiger partial charge in [-0.1, -0.05) is 12.5 Å². The Kier molecular flexibility index (Phi) is 4.53. The number of aliphatic carboxylic acids is 1. The fourth-order valence-corrected chi connectivity index (χ4v) is 2.11. The molecule has 102 valence electrons. The molecular formula is C12H15F3O3. The zero-order valence-electron chi connectivity index (χ0n) is 10.0. The molecule has 0 radical (unpaired) electrons. The summed E-state index contributed by atoms with van der Waals surface area (Å²) in [6, 6.07) is 0. The number of carbonyl (C=O) groups excluding carboxylic acids is 1. The van der Waals surface area contributed by atoms with Gasteiger partial charge in [0.05, 0.1) is 6.42 Å². The number of allylic oxidation sites excluding steroid dienone is 2. The minimum Gasteiger partial charge on any atom is -0.481 e. The molecule has 0 bridgehead atoms. The van der Waals surface area contributed by atoms with E-state index in [1.54, 1.807) is 6.92 Å². The van der Waals surface area contributed by atoms with E-state index in [0.717, 1.165) is 0 Å². The van der Waals surface area contributed by atoms with Crippen molar-refractivity contribution in [3.8, 4) is 0 Å². The van der Waals surface area contributed by atoms with Crippen LogP contribution in [0.4, 0.5) is 13.2 Å². The molecule has 1 N–H and O–H groups in total. The first-order valence-corrected chi connectivity index (χ1v) is 5.74. The van der Waals surface area contributed by atoms with Crippen molar-refractivity contribution in [3.05, 3.63) is 11.1 Å². The number of carboxylic acid groups (broad SMARTS) is 1.